The van der Waals surface area contributed by atoms with Crippen LogP contribution < -0.4 is 5.48 Å². The van der Waals surface area contributed by atoms with E-state index < -0.39 is 5.97 Å². The predicted molar refractivity (Wildman–Crippen MR) is 53.6 cm³/mol. The maximum absolute atomic E-state index is 10.5. The van der Waals surface area contributed by atoms with Crippen LogP contribution in [-0.2, 0) is 11.4 Å². The van der Waals surface area contributed by atoms with Gasteiger partial charge in [-0.1, -0.05) is 18.0 Å². The minimum absolute atomic E-state index is 0.0855. The number of hydrogen-bond acceptors (Lipinski definition) is 5. The van der Waals surface area contributed by atoms with E-state index in [9.17, 15) is 4.79 Å². The first-order chi connectivity index (χ1) is 7.75. The van der Waals surface area contributed by atoms with Crippen molar-refractivity contribution in [1.82, 2.24) is 10.6 Å². The number of nitrogens with zero attached hydrogens (tertiary/aromatic N) is 1. The highest BCUT2D eigenvalue weighted by Gasteiger charge is 2.16. The van der Waals surface area contributed by atoms with Crippen molar-refractivity contribution in [2.24, 2.45) is 0 Å². The van der Waals surface area contributed by atoms with Crippen LogP contribution >= 0.6 is 0 Å². The van der Waals surface area contributed by atoms with Crippen LogP contribution in [0.25, 0.3) is 0 Å². The highest BCUT2D eigenvalue weighted by atomic mass is 16.7. The van der Waals surface area contributed by atoms with Gasteiger partial charge in [0, 0.05) is 6.07 Å². The summed E-state index contributed by atoms with van der Waals surface area (Å²) in [7, 11) is 0. The highest BCUT2D eigenvalue weighted by molar-refractivity contribution is 5.85. The fourth-order valence-corrected chi connectivity index (χ4v) is 1.73. The number of hydrogen-bond donors (Lipinski definition) is 2. The van der Waals surface area contributed by atoms with Gasteiger partial charge in [0.1, 0.15) is 0 Å². The fraction of sp³-hybridized carbons (Fsp3) is 0.600. The molecule has 1 heterocycles. The molecule has 0 spiro atoms. The second-order valence-electron chi connectivity index (χ2n) is 3.83. The Balaban J connectivity index is 1.74. The number of aromatic carboxylic acids is 1. The molecule has 0 unspecified atom stereocenters. The number of hydroxylamine groups is 1. The summed E-state index contributed by atoms with van der Waals surface area (Å²) in [5.74, 6) is -0.637. The molecule has 88 valence electrons. The van der Waals surface area contributed by atoms with Crippen LogP contribution in [0.3, 0.4) is 0 Å². The normalized spacial score (nSPS) is 16.8. The molecule has 0 bridgehead atoms. The molecule has 6 nitrogen and oxygen atoms in total. The van der Waals surface area contributed by atoms with Crippen LogP contribution in [0.1, 0.15) is 41.9 Å². The van der Waals surface area contributed by atoms with Gasteiger partial charge < -0.3 is 9.63 Å². The summed E-state index contributed by atoms with van der Waals surface area (Å²) in [4.78, 5) is 15.9. The molecule has 0 saturated heterocycles. The average molecular weight is 226 g/mol. The molecule has 1 fully saturated rings. The summed E-state index contributed by atoms with van der Waals surface area (Å²) in [6, 6.07) is 1.38. The Morgan fingerprint density at radius 3 is 3.00 bits per heavy atom. The van der Waals surface area contributed by atoms with Crippen molar-refractivity contribution in [2.75, 3.05) is 0 Å². The molecule has 2 rings (SSSR count). The zero-order valence-corrected chi connectivity index (χ0v) is 8.81. The van der Waals surface area contributed by atoms with Gasteiger partial charge in [-0.15, -0.1) is 0 Å². The van der Waals surface area contributed by atoms with E-state index in [1.54, 1.807) is 0 Å². The first-order valence-corrected chi connectivity index (χ1v) is 5.33. The fourth-order valence-electron chi connectivity index (χ4n) is 1.73. The van der Waals surface area contributed by atoms with E-state index in [0.717, 1.165) is 12.8 Å². The van der Waals surface area contributed by atoms with Crippen LogP contribution in [0.4, 0.5) is 0 Å². The molecular weight excluding hydrogens is 212 g/mol. The summed E-state index contributed by atoms with van der Waals surface area (Å²) in [6.07, 6.45) is 4.82. The molecule has 16 heavy (non-hydrogen) atoms. The van der Waals surface area contributed by atoms with E-state index in [1.165, 1.54) is 18.9 Å². The summed E-state index contributed by atoms with van der Waals surface area (Å²) >= 11 is 0. The molecular formula is C10H14N2O4. The third kappa shape index (κ3) is 2.80. The Hall–Kier alpha value is -1.40. The Morgan fingerprint density at radius 1 is 1.62 bits per heavy atom. The van der Waals surface area contributed by atoms with Crippen LogP contribution in [0.15, 0.2) is 10.6 Å². The van der Waals surface area contributed by atoms with Crippen LogP contribution in [0.2, 0.25) is 0 Å². The molecule has 0 amide bonds. The van der Waals surface area contributed by atoms with Crippen molar-refractivity contribution in [2.45, 2.75) is 38.3 Å². The highest BCUT2D eigenvalue weighted by Crippen LogP contribution is 2.19. The number of carbonyl (C=O) groups is 1. The predicted octanol–water partition coefficient (Wildman–Crippen LogP) is 1.34. The van der Waals surface area contributed by atoms with Gasteiger partial charge in [0.25, 0.3) is 0 Å². The lowest BCUT2D eigenvalue weighted by molar-refractivity contribution is -0.0274. The number of aromatic nitrogens is 1. The zero-order valence-electron chi connectivity index (χ0n) is 8.81. The van der Waals surface area contributed by atoms with E-state index in [2.05, 4.69) is 10.6 Å². The lowest BCUT2D eigenvalue weighted by Crippen LogP contribution is -2.21. The summed E-state index contributed by atoms with van der Waals surface area (Å²) in [5.41, 5.74) is 2.68. The second kappa shape index (κ2) is 5.09. The molecule has 6 heteroatoms. The summed E-state index contributed by atoms with van der Waals surface area (Å²) in [5, 5.41) is 12.0. The van der Waals surface area contributed by atoms with Gasteiger partial charge >= 0.3 is 5.97 Å². The van der Waals surface area contributed by atoms with Gasteiger partial charge in [-0.05, 0) is 12.8 Å². The average Bonchev–Trinajstić information content (AvgIpc) is 2.87. The lowest BCUT2D eigenvalue weighted by atomic mass is 10.3. The topological polar surface area (TPSA) is 84.6 Å². The maximum Gasteiger partial charge on any atom is 0.358 e. The van der Waals surface area contributed by atoms with E-state index in [4.69, 9.17) is 14.5 Å². The first kappa shape index (κ1) is 11.1. The Kier molecular flexibility index (Phi) is 3.53. The lowest BCUT2D eigenvalue weighted by Gasteiger charge is -2.09. The SMILES string of the molecule is O=C(O)c1cc(CNOC2CCCC2)on1. The minimum atomic E-state index is -1.09. The maximum atomic E-state index is 10.5. The molecule has 1 aliphatic carbocycles. The van der Waals surface area contributed by atoms with Crippen molar-refractivity contribution in [3.8, 4) is 0 Å². The van der Waals surface area contributed by atoms with Crippen LogP contribution in [0, 0.1) is 0 Å². The first-order valence-electron chi connectivity index (χ1n) is 5.33. The molecule has 0 aromatic carbocycles. The third-order valence-electron chi connectivity index (χ3n) is 2.58. The monoisotopic (exact) mass is 226 g/mol. The van der Waals surface area contributed by atoms with Crippen molar-refractivity contribution in [1.29, 1.82) is 0 Å². The number of carboxylic acid groups (broad SMARTS) is 1. The van der Waals surface area contributed by atoms with Crippen molar-refractivity contribution < 1.29 is 19.3 Å². The van der Waals surface area contributed by atoms with Crippen LogP contribution in [0.5, 0.6) is 0 Å². The van der Waals surface area contributed by atoms with Gasteiger partial charge in [0.15, 0.2) is 11.5 Å². The van der Waals surface area contributed by atoms with E-state index in [-0.39, 0.29) is 11.8 Å². The summed E-state index contributed by atoms with van der Waals surface area (Å²) in [6.45, 7) is 0.330. The molecule has 0 atom stereocenters. The van der Waals surface area contributed by atoms with E-state index in [0.29, 0.717) is 12.3 Å². The zero-order chi connectivity index (χ0) is 11.4. The summed E-state index contributed by atoms with van der Waals surface area (Å²) < 4.78 is 4.82. The molecule has 1 saturated carbocycles. The van der Waals surface area contributed by atoms with Gasteiger partial charge in [-0.2, -0.15) is 5.48 Å². The second-order valence-corrected chi connectivity index (χ2v) is 3.83. The standard InChI is InChI=1S/C10H14N2O4/c13-10(14)9-5-8(16-12-9)6-11-15-7-3-1-2-4-7/h5,7,11H,1-4,6H2,(H,13,14). The molecule has 2 N–H and O–H groups in total. The van der Waals surface area contributed by atoms with E-state index >= 15 is 0 Å². The molecule has 1 aromatic rings. The molecule has 1 aromatic heterocycles. The van der Waals surface area contributed by atoms with Crippen molar-refractivity contribution >= 4 is 5.97 Å². The Morgan fingerprint density at radius 2 is 2.38 bits per heavy atom. The number of carboxylic acids is 1. The largest absolute Gasteiger partial charge is 0.476 e. The minimum Gasteiger partial charge on any atom is -0.476 e. The van der Waals surface area contributed by atoms with Gasteiger partial charge in [0.05, 0.1) is 12.6 Å². The van der Waals surface area contributed by atoms with Crippen LogP contribution in [-0.4, -0.2) is 22.3 Å². The number of nitrogens with one attached hydrogen (secondary N) is 1. The third-order valence-corrected chi connectivity index (χ3v) is 2.58. The van der Waals surface area contributed by atoms with Gasteiger partial charge in [-0.25, -0.2) is 4.79 Å². The quantitative estimate of drug-likeness (QED) is 0.737. The van der Waals surface area contributed by atoms with Crippen molar-refractivity contribution in [3.63, 3.8) is 0 Å². The smallest absolute Gasteiger partial charge is 0.358 e. The molecule has 0 radical (unpaired) electrons. The number of rotatable bonds is 5. The van der Waals surface area contributed by atoms with Crippen molar-refractivity contribution in [3.05, 3.63) is 17.5 Å². The molecule has 0 aliphatic heterocycles. The molecule has 1 aliphatic rings. The Bertz CT molecular complexity index is 357. The van der Waals surface area contributed by atoms with E-state index in [1.807, 2.05) is 0 Å². The van der Waals surface area contributed by atoms with Gasteiger partial charge in [-0.3, -0.25) is 4.84 Å². The Labute approximate surface area is 92.5 Å². The van der Waals surface area contributed by atoms with Gasteiger partial charge in [0.2, 0.25) is 0 Å².